The maximum atomic E-state index is 14.4. The second kappa shape index (κ2) is 4.68. The molecule has 22 heavy (non-hydrogen) atoms. The van der Waals surface area contributed by atoms with E-state index >= 15 is 0 Å². The van der Waals surface area contributed by atoms with Gasteiger partial charge in [-0.3, -0.25) is 4.99 Å². The van der Waals surface area contributed by atoms with Crippen LogP contribution in [0.5, 0.6) is 0 Å². The zero-order valence-corrected chi connectivity index (χ0v) is 12.6. The van der Waals surface area contributed by atoms with Gasteiger partial charge >= 0.3 is 0 Å². The second-order valence-electron chi connectivity index (χ2n) is 6.43. The predicted molar refractivity (Wildman–Crippen MR) is 81.4 cm³/mol. The van der Waals surface area contributed by atoms with Crippen LogP contribution in [0.25, 0.3) is 0 Å². The minimum atomic E-state index is -0.903. The molecule has 4 atom stereocenters. The Hall–Kier alpha value is -2.13. The number of rotatable bonds is 1. The van der Waals surface area contributed by atoms with Crippen molar-refractivity contribution in [3.63, 3.8) is 0 Å². The molecule has 2 aliphatic heterocycles. The molecule has 0 spiro atoms. The monoisotopic (exact) mass is 302 g/mol. The summed E-state index contributed by atoms with van der Waals surface area (Å²) in [5.74, 6) is -0.277. The third-order valence-electron chi connectivity index (χ3n) is 4.96. The molecule has 0 aromatic heterocycles. The highest BCUT2D eigenvalue weighted by Crippen LogP contribution is 2.52. The Morgan fingerprint density at radius 2 is 2.18 bits per heavy atom. The fourth-order valence-corrected chi connectivity index (χ4v) is 3.52. The van der Waals surface area contributed by atoms with Crippen molar-refractivity contribution in [1.29, 1.82) is 5.26 Å². The van der Waals surface area contributed by atoms with Crippen LogP contribution in [0.15, 0.2) is 23.2 Å². The molecule has 1 aromatic rings. The number of benzene rings is 1. The molecule has 0 radical (unpaired) electrons. The number of aliphatic imine (C=N–C) groups is 1. The molecular weight excluding hydrogens is 283 g/mol. The van der Waals surface area contributed by atoms with Gasteiger partial charge in [0, 0.05) is 17.2 Å². The maximum absolute atomic E-state index is 14.4. The number of fused-ring (bicyclic) bond motifs is 1. The van der Waals surface area contributed by atoms with Gasteiger partial charge in [-0.05, 0) is 38.5 Å². The van der Waals surface area contributed by atoms with Crippen molar-refractivity contribution < 1.29 is 9.13 Å². The quantitative estimate of drug-likeness (QED) is 0.774. The summed E-state index contributed by atoms with van der Waals surface area (Å²) in [5, 5.41) is 9.43. The van der Waals surface area contributed by atoms with E-state index in [2.05, 4.69) is 11.1 Å². The molecule has 4 N–H and O–H groups in total. The number of halogens is 1. The lowest BCUT2D eigenvalue weighted by atomic mass is 9.67. The number of anilines is 1. The van der Waals surface area contributed by atoms with E-state index in [1.807, 2.05) is 6.92 Å². The van der Waals surface area contributed by atoms with Crippen LogP contribution >= 0.6 is 0 Å². The summed E-state index contributed by atoms with van der Waals surface area (Å²) in [6, 6.07) is 6.67. The molecule has 1 fully saturated rings. The number of amidine groups is 1. The second-order valence-corrected chi connectivity index (χ2v) is 6.43. The van der Waals surface area contributed by atoms with Gasteiger partial charge in [0.1, 0.15) is 22.6 Å². The molecule has 1 aromatic carbocycles. The average molecular weight is 302 g/mol. The lowest BCUT2D eigenvalue weighted by Gasteiger charge is -2.41. The van der Waals surface area contributed by atoms with Gasteiger partial charge in [0.25, 0.3) is 0 Å². The van der Waals surface area contributed by atoms with Gasteiger partial charge in [-0.2, -0.15) is 5.26 Å². The van der Waals surface area contributed by atoms with Crippen molar-refractivity contribution >= 4 is 11.5 Å². The van der Waals surface area contributed by atoms with E-state index in [9.17, 15) is 9.65 Å². The summed E-state index contributed by atoms with van der Waals surface area (Å²) >= 11 is 0. The molecule has 6 heteroatoms. The van der Waals surface area contributed by atoms with Crippen LogP contribution in [-0.2, 0) is 10.3 Å². The standard InChI is InChI=1S/C16H19FN4O/c1-9-12-6-15(2,7-18)14(20)21-16(12,8-22-9)11-5-10(19)3-4-13(11)17/h3-5,9,12H,6,8,19H2,1-2H3,(H2,20,21)/t9?,12-,15?,16?/m1/s1. The minimum absolute atomic E-state index is 0.124. The normalized spacial score (nSPS) is 37.3. The highest BCUT2D eigenvalue weighted by Gasteiger charge is 2.57. The van der Waals surface area contributed by atoms with Gasteiger partial charge in [0.05, 0.1) is 18.8 Å². The summed E-state index contributed by atoms with van der Waals surface area (Å²) in [6.45, 7) is 3.92. The van der Waals surface area contributed by atoms with Gasteiger partial charge in [-0.15, -0.1) is 0 Å². The van der Waals surface area contributed by atoms with Crippen LogP contribution in [0.4, 0.5) is 10.1 Å². The molecule has 0 aliphatic carbocycles. The molecule has 3 unspecified atom stereocenters. The zero-order chi connectivity index (χ0) is 16.1. The third kappa shape index (κ3) is 1.89. The van der Waals surface area contributed by atoms with Crippen molar-refractivity contribution in [2.75, 3.05) is 12.3 Å². The Morgan fingerprint density at radius 1 is 1.45 bits per heavy atom. The van der Waals surface area contributed by atoms with Gasteiger partial charge in [0.15, 0.2) is 0 Å². The van der Waals surface area contributed by atoms with E-state index < -0.39 is 11.0 Å². The Morgan fingerprint density at radius 3 is 2.86 bits per heavy atom. The molecule has 2 heterocycles. The Labute approximate surface area is 128 Å². The summed E-state index contributed by atoms with van der Waals surface area (Å²) in [4.78, 5) is 4.57. The molecule has 0 amide bonds. The van der Waals surface area contributed by atoms with Crippen molar-refractivity contribution in [3.05, 3.63) is 29.6 Å². The van der Waals surface area contributed by atoms with Gasteiger partial charge < -0.3 is 16.2 Å². The molecule has 3 rings (SSSR count). The SMILES string of the molecule is CC1OCC2(c3cc(N)ccc3F)N=C(N)C(C)(C#N)C[C@H]12. The lowest BCUT2D eigenvalue weighted by Crippen LogP contribution is -2.49. The minimum Gasteiger partial charge on any atom is -0.399 e. The smallest absolute Gasteiger partial charge is 0.129 e. The van der Waals surface area contributed by atoms with Crippen LogP contribution in [0, 0.1) is 28.5 Å². The first-order chi connectivity index (χ1) is 10.3. The van der Waals surface area contributed by atoms with Crippen molar-refractivity contribution in [2.24, 2.45) is 22.1 Å². The molecule has 5 nitrogen and oxygen atoms in total. The summed E-state index contributed by atoms with van der Waals surface area (Å²) in [5.41, 5.74) is 11.0. The van der Waals surface area contributed by atoms with E-state index in [0.29, 0.717) is 17.7 Å². The molecule has 116 valence electrons. The molecule has 0 saturated carbocycles. The summed E-state index contributed by atoms with van der Waals surface area (Å²) < 4.78 is 20.2. The fourth-order valence-electron chi connectivity index (χ4n) is 3.52. The number of nitrogens with two attached hydrogens (primary N) is 2. The van der Waals surface area contributed by atoms with Crippen LogP contribution < -0.4 is 11.5 Å². The first-order valence-corrected chi connectivity index (χ1v) is 7.26. The van der Waals surface area contributed by atoms with Crippen LogP contribution in [-0.4, -0.2) is 18.5 Å². The molecule has 2 aliphatic rings. The van der Waals surface area contributed by atoms with Crippen LogP contribution in [0.1, 0.15) is 25.8 Å². The van der Waals surface area contributed by atoms with Crippen molar-refractivity contribution in [1.82, 2.24) is 0 Å². The van der Waals surface area contributed by atoms with E-state index in [1.54, 1.807) is 13.0 Å². The molecule has 0 bridgehead atoms. The predicted octanol–water partition coefficient (Wildman–Crippen LogP) is 1.93. The molecule has 1 saturated heterocycles. The zero-order valence-electron chi connectivity index (χ0n) is 12.6. The number of nitrogen functional groups attached to an aromatic ring is 1. The van der Waals surface area contributed by atoms with Crippen molar-refractivity contribution in [2.45, 2.75) is 31.9 Å². The van der Waals surface area contributed by atoms with Gasteiger partial charge in [-0.25, -0.2) is 4.39 Å². The number of nitrogens with zero attached hydrogens (tertiary/aromatic N) is 2. The van der Waals surface area contributed by atoms with Crippen LogP contribution in [0.3, 0.4) is 0 Å². The van der Waals surface area contributed by atoms with E-state index in [-0.39, 0.29) is 30.3 Å². The number of ether oxygens (including phenoxy) is 1. The summed E-state index contributed by atoms with van der Waals surface area (Å²) in [7, 11) is 0. The van der Waals surface area contributed by atoms with E-state index in [1.165, 1.54) is 12.1 Å². The van der Waals surface area contributed by atoms with E-state index in [4.69, 9.17) is 16.2 Å². The Bertz CT molecular complexity index is 698. The fraction of sp³-hybridized carbons (Fsp3) is 0.500. The van der Waals surface area contributed by atoms with E-state index in [0.717, 1.165) is 0 Å². The van der Waals surface area contributed by atoms with Gasteiger partial charge in [-0.1, -0.05) is 0 Å². The Kier molecular flexibility index (Phi) is 3.15. The maximum Gasteiger partial charge on any atom is 0.129 e. The van der Waals surface area contributed by atoms with Crippen molar-refractivity contribution in [3.8, 4) is 6.07 Å². The number of nitriles is 1. The highest BCUT2D eigenvalue weighted by molar-refractivity contribution is 5.90. The number of hydrogen-bond donors (Lipinski definition) is 2. The Balaban J connectivity index is 2.22. The summed E-state index contributed by atoms with van der Waals surface area (Å²) in [6.07, 6.45) is 0.346. The first kappa shape index (κ1) is 14.8. The van der Waals surface area contributed by atoms with Crippen LogP contribution in [0.2, 0.25) is 0 Å². The number of hydrogen-bond acceptors (Lipinski definition) is 5. The average Bonchev–Trinajstić information content (AvgIpc) is 2.80. The first-order valence-electron chi connectivity index (χ1n) is 7.26. The lowest BCUT2D eigenvalue weighted by molar-refractivity contribution is 0.0996. The third-order valence-corrected chi connectivity index (χ3v) is 4.96. The molecular formula is C16H19FN4O. The van der Waals surface area contributed by atoms with Gasteiger partial charge in [0.2, 0.25) is 0 Å². The largest absolute Gasteiger partial charge is 0.399 e. The highest BCUT2D eigenvalue weighted by atomic mass is 19.1. The topological polar surface area (TPSA) is 97.4 Å².